The van der Waals surface area contributed by atoms with Crippen LogP contribution in [0.4, 0.5) is 0 Å². The molecule has 0 radical (unpaired) electrons. The lowest BCUT2D eigenvalue weighted by molar-refractivity contribution is 0.0556. The van der Waals surface area contributed by atoms with Crippen molar-refractivity contribution in [1.29, 1.82) is 0 Å². The molecule has 0 fully saturated rings. The number of phosphoric ester groups is 1. The van der Waals surface area contributed by atoms with E-state index in [1.54, 1.807) is 77.9 Å². The Balaban J connectivity index is 2.46. The predicted octanol–water partition coefficient (Wildman–Crippen LogP) is 10.5. The largest absolute Gasteiger partial charge is 0.478 e. The van der Waals surface area contributed by atoms with Gasteiger partial charge in [0.05, 0.1) is 0 Å². The molecule has 0 saturated heterocycles. The van der Waals surface area contributed by atoms with Crippen LogP contribution in [0.25, 0.3) is 0 Å². The van der Waals surface area contributed by atoms with Crippen LogP contribution in [-0.2, 0) is 59.0 Å². The molecule has 3 aromatic carbocycles. The lowest BCUT2D eigenvalue weighted by atomic mass is 10.1. The highest BCUT2D eigenvalue weighted by molar-refractivity contribution is 7.58. The molecule has 0 heterocycles. The van der Waals surface area contributed by atoms with Gasteiger partial charge < -0.3 is 27.1 Å². The van der Waals surface area contributed by atoms with Gasteiger partial charge >= 0.3 is 30.6 Å². The molecule has 0 aliphatic carbocycles. The number of hydrogen-bond acceptors (Lipinski definition) is 13. The molecule has 0 saturated carbocycles. The van der Waals surface area contributed by atoms with Crippen LogP contribution in [0.5, 0.6) is 0 Å². The van der Waals surface area contributed by atoms with Crippen molar-refractivity contribution in [2.75, 3.05) is 42.7 Å². The Morgan fingerprint density at radius 2 is 0.620 bits per heavy atom. The zero-order chi connectivity index (χ0) is 37.7. The highest BCUT2D eigenvalue weighted by Crippen LogP contribution is 2.76. The number of benzene rings is 3. The number of rotatable bonds is 18. The lowest BCUT2D eigenvalue weighted by Crippen LogP contribution is -2.17. The molecule has 17 heteroatoms. The first-order chi connectivity index (χ1) is 23.4. The third-order valence-corrected chi connectivity index (χ3v) is 16.0. The van der Waals surface area contributed by atoms with Gasteiger partial charge in [0.25, 0.3) is 0 Å². The SMILES string of the molecule is COP(=O)(OC)C(OP(=O)(OC(c1cc(C)ccc1C)P(=O)(OC)OC)OC(c1cc(C)ccc1C)P(=O)(OC)OC)c1cc(C)ccc1C. The molecule has 278 valence electrons. The Morgan fingerprint density at radius 3 is 0.820 bits per heavy atom. The van der Waals surface area contributed by atoms with E-state index in [2.05, 4.69) is 0 Å². The minimum absolute atomic E-state index is 0.263. The van der Waals surface area contributed by atoms with Crippen molar-refractivity contribution in [3.05, 3.63) is 105 Å². The topological polar surface area (TPSA) is 151 Å². The first-order valence-corrected chi connectivity index (χ1v) is 21.7. The zero-order valence-corrected chi connectivity index (χ0v) is 34.1. The molecule has 3 unspecified atom stereocenters. The molecular weight excluding hydrogens is 728 g/mol. The quantitative estimate of drug-likeness (QED) is 0.113. The van der Waals surface area contributed by atoms with Gasteiger partial charge in [0.1, 0.15) is 0 Å². The van der Waals surface area contributed by atoms with E-state index in [0.29, 0.717) is 16.7 Å². The fourth-order valence-electron chi connectivity index (χ4n) is 5.17. The first kappa shape index (κ1) is 42.6. The molecule has 0 spiro atoms. The summed E-state index contributed by atoms with van der Waals surface area (Å²) in [7, 11) is -11.5. The number of hydrogen-bond donors (Lipinski definition) is 0. The smallest absolute Gasteiger partial charge is 0.310 e. The average Bonchev–Trinajstić information content (AvgIpc) is 3.11. The second kappa shape index (κ2) is 17.4. The summed E-state index contributed by atoms with van der Waals surface area (Å²) in [6.45, 7) is 10.6. The van der Waals surface area contributed by atoms with Gasteiger partial charge in [-0.1, -0.05) is 71.3 Å². The van der Waals surface area contributed by atoms with Gasteiger partial charge in [-0.2, -0.15) is 0 Å². The molecule has 3 atom stereocenters. The van der Waals surface area contributed by atoms with Crippen molar-refractivity contribution in [2.45, 2.75) is 59.1 Å². The molecule has 0 aromatic heterocycles. The Morgan fingerprint density at radius 1 is 0.400 bits per heavy atom. The minimum atomic E-state index is -5.35. The molecule has 13 nitrogen and oxygen atoms in total. The maximum Gasteiger partial charge on any atom is 0.478 e. The van der Waals surface area contributed by atoms with E-state index in [9.17, 15) is 13.7 Å². The van der Waals surface area contributed by atoms with E-state index in [-0.39, 0.29) is 16.7 Å². The van der Waals surface area contributed by atoms with Crippen LogP contribution in [0.15, 0.2) is 54.6 Å². The monoisotopic (exact) mass is 776 g/mol. The van der Waals surface area contributed by atoms with Gasteiger partial charge in [-0.25, -0.2) is 4.57 Å². The van der Waals surface area contributed by atoms with Gasteiger partial charge in [-0.3, -0.25) is 27.3 Å². The molecule has 0 aliphatic heterocycles. The molecule has 0 aliphatic rings. The van der Waals surface area contributed by atoms with E-state index in [0.717, 1.165) is 59.3 Å². The highest BCUT2D eigenvalue weighted by Gasteiger charge is 2.53. The third-order valence-electron chi connectivity index (χ3n) is 8.18. The summed E-state index contributed by atoms with van der Waals surface area (Å²) in [6, 6.07) is 15.7. The van der Waals surface area contributed by atoms with Gasteiger partial charge in [0.15, 0.2) is 17.5 Å². The standard InChI is InChI=1S/C33H48O13P4/c1-22-13-16-25(4)28(19-22)31(47(34,38-7)39-8)44-50(37,45-32(48(35,40-9)41-10)29-20-23(2)14-17-26(29)5)46-33(49(36,42-11)43-12)30-21-24(3)15-18-27(30)6/h13-21,31-33H,1-12H3. The van der Waals surface area contributed by atoms with Gasteiger partial charge in [-0.15, -0.1) is 0 Å². The van der Waals surface area contributed by atoms with E-state index in [1.165, 1.54) is 0 Å². The van der Waals surface area contributed by atoms with Crippen LogP contribution in [0.1, 0.15) is 67.6 Å². The third kappa shape index (κ3) is 9.41. The zero-order valence-electron chi connectivity index (χ0n) is 30.5. The average molecular weight is 777 g/mol. The summed E-state index contributed by atoms with van der Waals surface area (Å²) in [6.07, 6.45) is 0. The van der Waals surface area contributed by atoms with Gasteiger partial charge in [0, 0.05) is 42.7 Å². The highest BCUT2D eigenvalue weighted by atomic mass is 31.2. The van der Waals surface area contributed by atoms with Crippen LogP contribution in [-0.4, -0.2) is 42.7 Å². The molecule has 3 aromatic rings. The van der Waals surface area contributed by atoms with Crippen molar-refractivity contribution >= 4 is 30.6 Å². The fraction of sp³-hybridized carbons (Fsp3) is 0.455. The Kier molecular flexibility index (Phi) is 14.8. The Hall–Kier alpha value is -1.78. The van der Waals surface area contributed by atoms with Crippen LogP contribution in [0, 0.1) is 41.5 Å². The molecular formula is C33H48O13P4. The molecule has 3 rings (SSSR count). The maximum absolute atomic E-state index is 15.6. The number of phosphoric acid groups is 1. The molecule has 0 amide bonds. The van der Waals surface area contributed by atoms with Crippen LogP contribution in [0.2, 0.25) is 0 Å². The summed E-state index contributed by atoms with van der Waals surface area (Å²) in [5, 5.41) is 0. The van der Waals surface area contributed by atoms with Crippen LogP contribution < -0.4 is 0 Å². The van der Waals surface area contributed by atoms with Crippen LogP contribution in [0.3, 0.4) is 0 Å². The summed E-state index contributed by atoms with van der Waals surface area (Å²) in [5.74, 6) is -5.26. The first-order valence-electron chi connectivity index (χ1n) is 15.4. The van der Waals surface area contributed by atoms with E-state index >= 15 is 4.57 Å². The second-order valence-electron chi connectivity index (χ2n) is 11.6. The summed E-state index contributed by atoms with van der Waals surface area (Å²) in [4.78, 5) is 0. The van der Waals surface area contributed by atoms with Crippen molar-refractivity contribution in [1.82, 2.24) is 0 Å². The summed E-state index contributed by atoms with van der Waals surface area (Å²) < 4.78 is 110. The second-order valence-corrected chi connectivity index (χ2v) is 20.0. The molecule has 50 heavy (non-hydrogen) atoms. The van der Waals surface area contributed by atoms with Crippen molar-refractivity contribution in [3.8, 4) is 0 Å². The van der Waals surface area contributed by atoms with Crippen molar-refractivity contribution in [3.63, 3.8) is 0 Å². The van der Waals surface area contributed by atoms with E-state index in [4.69, 9.17) is 40.7 Å². The predicted molar refractivity (Wildman–Crippen MR) is 192 cm³/mol. The minimum Gasteiger partial charge on any atom is -0.310 e. The van der Waals surface area contributed by atoms with Crippen molar-refractivity contribution in [2.24, 2.45) is 0 Å². The molecule has 0 bridgehead atoms. The van der Waals surface area contributed by atoms with Gasteiger partial charge in [-0.05, 0) is 74.9 Å². The maximum atomic E-state index is 15.6. The fourth-order valence-corrected chi connectivity index (χ4v) is 12.3. The summed E-state index contributed by atoms with van der Waals surface area (Å²) in [5.41, 5.74) is 4.71. The van der Waals surface area contributed by atoms with Gasteiger partial charge in [0.2, 0.25) is 0 Å². The normalized spacial score (nSPS) is 15.8. The Bertz CT molecular complexity index is 1610. The van der Waals surface area contributed by atoms with E-state index in [1.807, 2.05) is 18.2 Å². The van der Waals surface area contributed by atoms with Crippen LogP contribution >= 0.6 is 30.6 Å². The summed E-state index contributed by atoms with van der Waals surface area (Å²) >= 11 is 0. The van der Waals surface area contributed by atoms with E-state index < -0.39 is 48.1 Å². The Labute approximate surface area is 295 Å². The van der Waals surface area contributed by atoms with Crippen molar-refractivity contribution < 1.29 is 59.0 Å². The molecule has 0 N–H and O–H groups in total. The number of aryl methyl sites for hydroxylation is 6. The lowest BCUT2D eigenvalue weighted by Gasteiger charge is -2.35.